The summed E-state index contributed by atoms with van der Waals surface area (Å²) in [5.41, 5.74) is 0. The lowest BCUT2D eigenvalue weighted by atomic mass is 9.87. The van der Waals surface area contributed by atoms with Crippen molar-refractivity contribution >= 4 is 11.9 Å². The number of hydrogen-bond donors (Lipinski definition) is 0. The Morgan fingerprint density at radius 3 is 2.08 bits per heavy atom. The van der Waals surface area contributed by atoms with Crippen LogP contribution in [0.5, 0.6) is 0 Å². The summed E-state index contributed by atoms with van der Waals surface area (Å²) in [6, 6.07) is 0. The maximum absolute atomic E-state index is 12.6. The smallest absolute Gasteiger partial charge is 0.309 e. The van der Waals surface area contributed by atoms with Crippen molar-refractivity contribution in [2.75, 3.05) is 19.7 Å². The van der Waals surface area contributed by atoms with E-state index < -0.39 is 0 Å². The van der Waals surface area contributed by atoms with Crippen LogP contribution < -0.4 is 0 Å². The molecule has 0 aromatic heterocycles. The minimum atomic E-state index is -0.0410. The molecule has 1 saturated carbocycles. The first-order chi connectivity index (χ1) is 12.7. The minimum Gasteiger partial charge on any atom is -0.465 e. The van der Waals surface area contributed by atoms with Crippen LogP contribution in [0.15, 0.2) is 0 Å². The van der Waals surface area contributed by atoms with E-state index in [2.05, 4.69) is 6.92 Å². The van der Waals surface area contributed by atoms with Gasteiger partial charge in [-0.2, -0.15) is 0 Å². The standard InChI is InChI=1S/C22H39NO3/c1-2-3-4-5-6-7-11-18-26-22(25)20-14-16-23(17-15-20)21(24)19-12-9-8-10-13-19/h19-20H,2-18H2,1H3. The van der Waals surface area contributed by atoms with Crippen molar-refractivity contribution in [2.45, 2.75) is 96.8 Å². The second-order valence-electron chi connectivity index (χ2n) is 8.22. The molecule has 0 unspecified atom stereocenters. The first kappa shape index (κ1) is 21.2. The largest absolute Gasteiger partial charge is 0.465 e. The van der Waals surface area contributed by atoms with E-state index in [0.717, 1.165) is 51.6 Å². The number of nitrogens with zero attached hydrogens (tertiary/aromatic N) is 1. The molecule has 4 nitrogen and oxygen atoms in total. The number of piperidine rings is 1. The van der Waals surface area contributed by atoms with E-state index in [0.29, 0.717) is 12.5 Å². The molecule has 2 aliphatic rings. The van der Waals surface area contributed by atoms with Crippen molar-refractivity contribution in [1.82, 2.24) is 4.90 Å². The van der Waals surface area contributed by atoms with Gasteiger partial charge in [0.2, 0.25) is 5.91 Å². The fraction of sp³-hybridized carbons (Fsp3) is 0.909. The van der Waals surface area contributed by atoms with Crippen LogP contribution in [0, 0.1) is 11.8 Å². The number of ether oxygens (including phenoxy) is 1. The minimum absolute atomic E-state index is 0.00467. The third kappa shape index (κ3) is 7.28. The summed E-state index contributed by atoms with van der Waals surface area (Å²) in [6.07, 6.45) is 15.9. The Morgan fingerprint density at radius 2 is 1.42 bits per heavy atom. The fourth-order valence-corrected chi connectivity index (χ4v) is 4.29. The summed E-state index contributed by atoms with van der Waals surface area (Å²) in [6.45, 7) is 4.25. The van der Waals surface area contributed by atoms with E-state index in [-0.39, 0.29) is 17.8 Å². The molecule has 0 aromatic rings. The molecule has 2 fully saturated rings. The summed E-state index contributed by atoms with van der Waals surface area (Å²) < 4.78 is 5.48. The highest BCUT2D eigenvalue weighted by Crippen LogP contribution is 2.27. The molecule has 4 heteroatoms. The van der Waals surface area contributed by atoms with Crippen LogP contribution >= 0.6 is 0 Å². The average Bonchev–Trinajstić information content (AvgIpc) is 2.70. The van der Waals surface area contributed by atoms with E-state index in [1.165, 1.54) is 51.4 Å². The molecular weight excluding hydrogens is 326 g/mol. The second-order valence-corrected chi connectivity index (χ2v) is 8.22. The zero-order valence-electron chi connectivity index (χ0n) is 16.8. The maximum Gasteiger partial charge on any atom is 0.309 e. The summed E-state index contributed by atoms with van der Waals surface area (Å²) in [4.78, 5) is 26.8. The highest BCUT2D eigenvalue weighted by Gasteiger charge is 2.31. The number of likely N-dealkylation sites (tertiary alicyclic amines) is 1. The molecule has 0 aromatic carbocycles. The van der Waals surface area contributed by atoms with Crippen molar-refractivity contribution in [3.8, 4) is 0 Å². The number of unbranched alkanes of at least 4 members (excludes halogenated alkanes) is 6. The summed E-state index contributed by atoms with van der Waals surface area (Å²) in [5.74, 6) is 0.528. The van der Waals surface area contributed by atoms with Gasteiger partial charge in [-0.05, 0) is 32.1 Å². The van der Waals surface area contributed by atoms with Gasteiger partial charge in [0.05, 0.1) is 12.5 Å². The van der Waals surface area contributed by atoms with Crippen molar-refractivity contribution in [3.05, 3.63) is 0 Å². The SMILES string of the molecule is CCCCCCCCCOC(=O)C1CCN(C(=O)C2CCCCC2)CC1. The predicted octanol–water partition coefficient (Wildman–Crippen LogP) is 5.10. The van der Waals surface area contributed by atoms with Crippen LogP contribution in [0.3, 0.4) is 0 Å². The molecule has 0 spiro atoms. The summed E-state index contributed by atoms with van der Waals surface area (Å²) in [7, 11) is 0. The Hall–Kier alpha value is -1.06. The van der Waals surface area contributed by atoms with Gasteiger partial charge in [-0.15, -0.1) is 0 Å². The average molecular weight is 366 g/mol. The van der Waals surface area contributed by atoms with Crippen LogP contribution in [0.4, 0.5) is 0 Å². The molecule has 1 aliphatic carbocycles. The van der Waals surface area contributed by atoms with Gasteiger partial charge in [0.15, 0.2) is 0 Å². The van der Waals surface area contributed by atoms with Crippen molar-refractivity contribution < 1.29 is 14.3 Å². The first-order valence-corrected chi connectivity index (χ1v) is 11.2. The molecule has 1 saturated heterocycles. The summed E-state index contributed by atoms with van der Waals surface area (Å²) >= 11 is 0. The van der Waals surface area contributed by atoms with E-state index >= 15 is 0 Å². The third-order valence-corrected chi connectivity index (χ3v) is 6.09. The van der Waals surface area contributed by atoms with Crippen LogP contribution in [-0.4, -0.2) is 36.5 Å². The van der Waals surface area contributed by atoms with Gasteiger partial charge in [0.25, 0.3) is 0 Å². The van der Waals surface area contributed by atoms with Crippen molar-refractivity contribution in [3.63, 3.8) is 0 Å². The predicted molar refractivity (Wildman–Crippen MR) is 105 cm³/mol. The molecule has 0 N–H and O–H groups in total. The van der Waals surface area contributed by atoms with Gasteiger partial charge in [-0.3, -0.25) is 9.59 Å². The first-order valence-electron chi connectivity index (χ1n) is 11.2. The third-order valence-electron chi connectivity index (χ3n) is 6.09. The van der Waals surface area contributed by atoms with Gasteiger partial charge >= 0.3 is 5.97 Å². The van der Waals surface area contributed by atoms with E-state index in [9.17, 15) is 9.59 Å². The number of hydrogen-bond acceptors (Lipinski definition) is 3. The quantitative estimate of drug-likeness (QED) is 0.400. The topological polar surface area (TPSA) is 46.6 Å². The van der Waals surface area contributed by atoms with Gasteiger partial charge in [0.1, 0.15) is 0 Å². The number of carbonyl (C=O) groups is 2. The lowest BCUT2D eigenvalue weighted by molar-refractivity contribution is -0.152. The molecule has 1 amide bonds. The van der Waals surface area contributed by atoms with Crippen molar-refractivity contribution in [2.24, 2.45) is 11.8 Å². The molecule has 0 radical (unpaired) electrons. The van der Waals surface area contributed by atoms with E-state index in [1.807, 2.05) is 4.90 Å². The van der Waals surface area contributed by atoms with Crippen LogP contribution in [0.2, 0.25) is 0 Å². The maximum atomic E-state index is 12.6. The molecule has 1 aliphatic heterocycles. The van der Waals surface area contributed by atoms with Gasteiger partial charge in [0, 0.05) is 19.0 Å². The van der Waals surface area contributed by atoms with Crippen LogP contribution in [-0.2, 0) is 14.3 Å². The number of rotatable bonds is 10. The van der Waals surface area contributed by atoms with E-state index in [4.69, 9.17) is 4.74 Å². The highest BCUT2D eigenvalue weighted by atomic mass is 16.5. The Kier molecular flexibility index (Phi) is 10.1. The highest BCUT2D eigenvalue weighted by molar-refractivity contribution is 5.79. The lowest BCUT2D eigenvalue weighted by Crippen LogP contribution is -2.43. The summed E-state index contributed by atoms with van der Waals surface area (Å²) in [5, 5.41) is 0. The van der Waals surface area contributed by atoms with E-state index in [1.54, 1.807) is 0 Å². The monoisotopic (exact) mass is 365 g/mol. The van der Waals surface area contributed by atoms with Crippen LogP contribution in [0.25, 0.3) is 0 Å². The molecule has 2 rings (SSSR count). The molecule has 26 heavy (non-hydrogen) atoms. The van der Waals surface area contributed by atoms with Crippen molar-refractivity contribution in [1.29, 1.82) is 0 Å². The lowest BCUT2D eigenvalue weighted by Gasteiger charge is -2.34. The Morgan fingerprint density at radius 1 is 0.808 bits per heavy atom. The molecule has 0 bridgehead atoms. The van der Waals surface area contributed by atoms with Gasteiger partial charge < -0.3 is 9.64 Å². The number of amides is 1. The Bertz CT molecular complexity index is 410. The van der Waals surface area contributed by atoms with Gasteiger partial charge in [-0.25, -0.2) is 0 Å². The number of esters is 1. The zero-order valence-corrected chi connectivity index (χ0v) is 16.8. The van der Waals surface area contributed by atoms with Crippen LogP contribution in [0.1, 0.15) is 96.8 Å². The normalized spacial score (nSPS) is 19.5. The fourth-order valence-electron chi connectivity index (χ4n) is 4.29. The zero-order chi connectivity index (χ0) is 18.6. The van der Waals surface area contributed by atoms with Gasteiger partial charge in [-0.1, -0.05) is 64.7 Å². The molecule has 0 atom stereocenters. The second kappa shape index (κ2) is 12.3. The molecular formula is C22H39NO3. The molecule has 1 heterocycles. The Labute approximate surface area is 160 Å². The molecule has 150 valence electrons. The number of carbonyl (C=O) groups excluding carboxylic acids is 2. The Balaban J connectivity index is 1.54.